The Labute approximate surface area is 147 Å². The highest BCUT2D eigenvalue weighted by Crippen LogP contribution is 2.36. The van der Waals surface area contributed by atoms with Gasteiger partial charge in [-0.25, -0.2) is 0 Å². The molecule has 140 valence electrons. The second-order valence-electron chi connectivity index (χ2n) is 6.12. The average Bonchev–Trinajstić information content (AvgIpc) is 2.53. The maximum atomic E-state index is 12.7. The van der Waals surface area contributed by atoms with Crippen molar-refractivity contribution in [1.82, 2.24) is 0 Å². The van der Waals surface area contributed by atoms with Gasteiger partial charge in [0.2, 0.25) is 0 Å². The van der Waals surface area contributed by atoms with Crippen molar-refractivity contribution in [1.29, 1.82) is 0 Å². The van der Waals surface area contributed by atoms with Crippen LogP contribution in [-0.2, 0) is 6.18 Å². The Kier molecular flexibility index (Phi) is 4.35. The molecule has 1 fully saturated rings. The summed E-state index contributed by atoms with van der Waals surface area (Å²) >= 11 is 0. The first-order valence-electron chi connectivity index (χ1n) is 7.68. The number of halogens is 3. The summed E-state index contributed by atoms with van der Waals surface area (Å²) in [6.07, 6.45) is -4.50. The molecule has 0 atom stereocenters. The molecule has 0 spiro atoms. The summed E-state index contributed by atoms with van der Waals surface area (Å²) in [4.78, 5) is 1.82. The minimum absolute atomic E-state index is 0.162. The van der Waals surface area contributed by atoms with Crippen LogP contribution >= 0.6 is 0 Å². The molecule has 2 aromatic carbocycles. The van der Waals surface area contributed by atoms with Crippen LogP contribution in [0, 0.1) is 0 Å². The summed E-state index contributed by atoms with van der Waals surface area (Å²) in [5, 5.41) is 41.5. The predicted octanol–water partition coefficient (Wildman–Crippen LogP) is 1.31. The first-order valence-corrected chi connectivity index (χ1v) is 7.68. The third-order valence-corrected chi connectivity index (χ3v) is 4.10. The molecule has 0 radical (unpaired) electrons. The zero-order valence-corrected chi connectivity index (χ0v) is 13.4. The lowest BCUT2D eigenvalue weighted by atomic mass is 10.1. The van der Waals surface area contributed by atoms with Crippen LogP contribution in [0.1, 0.15) is 5.56 Å². The molecule has 0 bridgehead atoms. The second-order valence-corrected chi connectivity index (χ2v) is 6.12. The summed E-state index contributed by atoms with van der Waals surface area (Å²) in [5.74, 6) is -5.35. The molecule has 9 heteroatoms. The number of anilines is 2. The summed E-state index contributed by atoms with van der Waals surface area (Å²) in [6, 6.07) is 11.7. The second kappa shape index (κ2) is 6.13. The van der Waals surface area contributed by atoms with Gasteiger partial charge in [0, 0.05) is 11.4 Å². The number of benzene rings is 2. The van der Waals surface area contributed by atoms with Gasteiger partial charge >= 0.3 is 6.18 Å². The van der Waals surface area contributed by atoms with E-state index in [1.165, 1.54) is 17.0 Å². The molecule has 3 rings (SSSR count). The third-order valence-electron chi connectivity index (χ3n) is 4.10. The first-order chi connectivity index (χ1) is 12.0. The van der Waals surface area contributed by atoms with E-state index in [2.05, 4.69) is 0 Å². The molecular weight excluding hydrogens is 353 g/mol. The van der Waals surface area contributed by atoms with E-state index in [1.54, 1.807) is 18.2 Å². The van der Waals surface area contributed by atoms with Crippen molar-refractivity contribution in [3.63, 3.8) is 0 Å². The van der Waals surface area contributed by atoms with Crippen molar-refractivity contribution < 1.29 is 33.6 Å². The standard InChI is InChI=1S/C17H17F3N2O4/c18-17(19,20)12-6-8-13(9-7-12)21-10-15(23,24)22(16(25,26)11-21)14-4-2-1-3-5-14/h1-9,23-26H,10-11H2. The number of nitrogens with zero attached hydrogens (tertiary/aromatic N) is 2. The Morgan fingerprint density at radius 1 is 0.731 bits per heavy atom. The van der Waals surface area contributed by atoms with Crippen LogP contribution < -0.4 is 9.80 Å². The van der Waals surface area contributed by atoms with Crippen molar-refractivity contribution in [2.24, 2.45) is 0 Å². The first kappa shape index (κ1) is 18.5. The average molecular weight is 370 g/mol. The molecule has 0 aliphatic carbocycles. The molecule has 1 aliphatic rings. The number of hydrogen-bond acceptors (Lipinski definition) is 6. The van der Waals surface area contributed by atoms with Crippen molar-refractivity contribution in [2.45, 2.75) is 18.0 Å². The van der Waals surface area contributed by atoms with E-state index < -0.39 is 36.7 Å². The maximum absolute atomic E-state index is 12.7. The minimum Gasteiger partial charge on any atom is -0.356 e. The number of piperazine rings is 1. The van der Waals surface area contributed by atoms with E-state index >= 15 is 0 Å². The highest BCUT2D eigenvalue weighted by Gasteiger charge is 2.52. The Bertz CT molecular complexity index is 746. The summed E-state index contributed by atoms with van der Waals surface area (Å²) in [7, 11) is 0. The SMILES string of the molecule is OC1(O)CN(c2ccc(C(F)(F)F)cc2)CC(O)(O)N1c1ccccc1. The van der Waals surface area contributed by atoms with Crippen molar-refractivity contribution >= 4 is 11.4 Å². The Morgan fingerprint density at radius 3 is 1.69 bits per heavy atom. The smallest absolute Gasteiger partial charge is 0.356 e. The van der Waals surface area contributed by atoms with Gasteiger partial charge in [-0.2, -0.15) is 13.2 Å². The van der Waals surface area contributed by atoms with Crippen molar-refractivity contribution in [3.05, 3.63) is 60.2 Å². The normalized spacial score (nSPS) is 19.5. The van der Waals surface area contributed by atoms with Gasteiger partial charge in [0.1, 0.15) is 0 Å². The zero-order valence-electron chi connectivity index (χ0n) is 13.4. The van der Waals surface area contributed by atoms with E-state index in [0.29, 0.717) is 4.90 Å². The van der Waals surface area contributed by atoms with Gasteiger partial charge in [0.25, 0.3) is 11.8 Å². The predicted molar refractivity (Wildman–Crippen MR) is 86.9 cm³/mol. The van der Waals surface area contributed by atoms with E-state index in [0.717, 1.165) is 24.3 Å². The third kappa shape index (κ3) is 3.47. The van der Waals surface area contributed by atoms with E-state index in [9.17, 15) is 33.6 Å². The number of hydrogen-bond donors (Lipinski definition) is 4. The molecule has 6 nitrogen and oxygen atoms in total. The molecule has 0 amide bonds. The van der Waals surface area contributed by atoms with Gasteiger partial charge in [-0.15, -0.1) is 0 Å². The van der Waals surface area contributed by atoms with E-state index in [-0.39, 0.29) is 11.4 Å². The summed E-state index contributed by atoms with van der Waals surface area (Å²) < 4.78 is 38.0. The minimum atomic E-state index is -4.50. The molecular formula is C17H17F3N2O4. The fourth-order valence-electron chi connectivity index (χ4n) is 3.03. The topological polar surface area (TPSA) is 87.4 Å². The maximum Gasteiger partial charge on any atom is 0.416 e. The van der Waals surface area contributed by atoms with Gasteiger partial charge in [-0.3, -0.25) is 4.90 Å². The molecule has 0 aromatic heterocycles. The Morgan fingerprint density at radius 2 is 1.23 bits per heavy atom. The van der Waals surface area contributed by atoms with Crippen LogP contribution in [0.3, 0.4) is 0 Å². The number of para-hydroxylation sites is 1. The van der Waals surface area contributed by atoms with Crippen LogP contribution in [-0.4, -0.2) is 45.3 Å². The molecule has 4 N–H and O–H groups in total. The molecule has 0 saturated carbocycles. The van der Waals surface area contributed by atoms with Crippen LogP contribution in [0.4, 0.5) is 24.5 Å². The highest BCUT2D eigenvalue weighted by molar-refractivity contribution is 5.55. The van der Waals surface area contributed by atoms with Crippen LogP contribution in [0.5, 0.6) is 0 Å². The lowest BCUT2D eigenvalue weighted by Gasteiger charge is -2.52. The van der Waals surface area contributed by atoms with Gasteiger partial charge in [-0.05, 0) is 36.4 Å². The molecule has 1 heterocycles. The lowest BCUT2D eigenvalue weighted by Crippen LogP contribution is -2.73. The molecule has 0 unspecified atom stereocenters. The van der Waals surface area contributed by atoms with Crippen molar-refractivity contribution in [3.8, 4) is 0 Å². The fraction of sp³-hybridized carbons (Fsp3) is 0.294. The Balaban J connectivity index is 1.90. The monoisotopic (exact) mass is 370 g/mol. The van der Waals surface area contributed by atoms with Gasteiger partial charge in [0.15, 0.2) is 0 Å². The summed E-state index contributed by atoms with van der Waals surface area (Å²) in [5.41, 5.74) is -0.511. The molecule has 26 heavy (non-hydrogen) atoms. The van der Waals surface area contributed by atoms with Crippen LogP contribution in [0.15, 0.2) is 54.6 Å². The molecule has 1 aliphatic heterocycles. The number of β-amino-alcohol motifs (C(OH)–C–C–N with tert-alkyl or cyclic N) is 4. The molecule has 2 aromatic rings. The molecule has 1 saturated heterocycles. The largest absolute Gasteiger partial charge is 0.416 e. The van der Waals surface area contributed by atoms with E-state index in [4.69, 9.17) is 0 Å². The van der Waals surface area contributed by atoms with Gasteiger partial charge in [0.05, 0.1) is 18.7 Å². The van der Waals surface area contributed by atoms with E-state index in [1.807, 2.05) is 0 Å². The number of rotatable bonds is 2. The van der Waals surface area contributed by atoms with Crippen molar-refractivity contribution in [2.75, 3.05) is 22.9 Å². The number of aliphatic hydroxyl groups is 4. The summed E-state index contributed by atoms with van der Waals surface area (Å²) in [6.45, 7) is -0.952. The Hall–Kier alpha value is -2.33. The highest BCUT2D eigenvalue weighted by atomic mass is 19.4. The lowest BCUT2D eigenvalue weighted by molar-refractivity contribution is -0.257. The quantitative estimate of drug-likeness (QED) is 0.597. The number of alkyl halides is 3. The fourth-order valence-corrected chi connectivity index (χ4v) is 3.03. The van der Waals surface area contributed by atoms with Gasteiger partial charge < -0.3 is 25.3 Å². The van der Waals surface area contributed by atoms with Gasteiger partial charge in [-0.1, -0.05) is 18.2 Å². The van der Waals surface area contributed by atoms with Crippen LogP contribution in [0.25, 0.3) is 0 Å². The zero-order chi connectivity index (χ0) is 19.2. The van der Waals surface area contributed by atoms with Crippen LogP contribution in [0.2, 0.25) is 0 Å².